The van der Waals surface area contributed by atoms with Gasteiger partial charge in [0.05, 0.1) is 25.8 Å². The summed E-state index contributed by atoms with van der Waals surface area (Å²) in [5.74, 6) is 0.656. The van der Waals surface area contributed by atoms with E-state index in [9.17, 15) is 14.4 Å². The van der Waals surface area contributed by atoms with Gasteiger partial charge in [-0.3, -0.25) is 19.3 Å². The summed E-state index contributed by atoms with van der Waals surface area (Å²) in [5, 5.41) is 5.56. The molecule has 1 aromatic heterocycles. The number of carbonyl (C=O) groups excluding carboxylic acids is 3. The fourth-order valence-electron chi connectivity index (χ4n) is 4.30. The van der Waals surface area contributed by atoms with Crippen molar-refractivity contribution in [2.24, 2.45) is 0 Å². The molecule has 4 rings (SSSR count). The number of pyridine rings is 1. The molecule has 0 unspecified atom stereocenters. The normalized spacial score (nSPS) is 18.9. The Bertz CT molecular complexity index is 1010. The molecule has 0 spiro atoms. The van der Waals surface area contributed by atoms with Gasteiger partial charge in [-0.15, -0.1) is 0 Å². The SMILES string of the molecule is COc1ccccc1NC(=O)C[C@@H]1C(=O)NCCN1C(=O)CN1CCN(c2ccccn2)CC1. The molecule has 34 heavy (non-hydrogen) atoms. The molecule has 2 saturated heterocycles. The average Bonchev–Trinajstić information content (AvgIpc) is 2.86. The molecule has 0 saturated carbocycles. The molecule has 0 radical (unpaired) electrons. The lowest BCUT2D eigenvalue weighted by Crippen LogP contribution is -2.60. The van der Waals surface area contributed by atoms with E-state index in [1.165, 1.54) is 12.0 Å². The number of rotatable bonds is 7. The average molecular weight is 467 g/mol. The molecule has 180 valence electrons. The van der Waals surface area contributed by atoms with Gasteiger partial charge in [-0.05, 0) is 24.3 Å². The van der Waals surface area contributed by atoms with Crippen LogP contribution in [-0.2, 0) is 14.4 Å². The highest BCUT2D eigenvalue weighted by molar-refractivity contribution is 5.98. The zero-order valence-corrected chi connectivity index (χ0v) is 19.3. The molecule has 2 aliphatic heterocycles. The smallest absolute Gasteiger partial charge is 0.243 e. The molecule has 0 aliphatic carbocycles. The zero-order chi connectivity index (χ0) is 23.9. The third-order valence-electron chi connectivity index (χ3n) is 6.12. The van der Waals surface area contributed by atoms with E-state index in [1.54, 1.807) is 30.5 Å². The molecule has 1 aromatic carbocycles. The first-order valence-corrected chi connectivity index (χ1v) is 11.4. The van der Waals surface area contributed by atoms with Crippen molar-refractivity contribution in [2.45, 2.75) is 12.5 Å². The van der Waals surface area contributed by atoms with E-state index in [-0.39, 0.29) is 30.7 Å². The van der Waals surface area contributed by atoms with Crippen LogP contribution in [0.1, 0.15) is 6.42 Å². The Morgan fingerprint density at radius 3 is 2.59 bits per heavy atom. The second-order valence-corrected chi connectivity index (χ2v) is 8.30. The van der Waals surface area contributed by atoms with Crippen molar-refractivity contribution in [2.75, 3.05) is 63.1 Å². The van der Waals surface area contributed by atoms with E-state index in [1.807, 2.05) is 18.2 Å². The molecule has 3 amide bonds. The Hall–Kier alpha value is -3.66. The van der Waals surface area contributed by atoms with Gasteiger partial charge >= 0.3 is 0 Å². The Kier molecular flexibility index (Phi) is 7.58. The van der Waals surface area contributed by atoms with Crippen LogP contribution in [0.25, 0.3) is 0 Å². The molecule has 2 aromatic rings. The van der Waals surface area contributed by atoms with Crippen LogP contribution < -0.4 is 20.3 Å². The fourth-order valence-corrected chi connectivity index (χ4v) is 4.30. The summed E-state index contributed by atoms with van der Waals surface area (Å²) in [6.45, 7) is 3.97. The second-order valence-electron chi connectivity index (χ2n) is 8.30. The van der Waals surface area contributed by atoms with Gasteiger partial charge in [0, 0.05) is 45.5 Å². The number of ether oxygens (including phenoxy) is 1. The number of aromatic nitrogens is 1. The van der Waals surface area contributed by atoms with Crippen molar-refractivity contribution in [1.29, 1.82) is 0 Å². The van der Waals surface area contributed by atoms with Crippen LogP contribution in [0.4, 0.5) is 11.5 Å². The lowest BCUT2D eigenvalue weighted by atomic mass is 10.1. The maximum atomic E-state index is 13.1. The predicted octanol–water partition coefficient (Wildman–Crippen LogP) is 0.568. The van der Waals surface area contributed by atoms with Crippen molar-refractivity contribution < 1.29 is 19.1 Å². The van der Waals surface area contributed by atoms with Crippen LogP contribution in [-0.4, -0.2) is 91.5 Å². The molecule has 2 N–H and O–H groups in total. The topological polar surface area (TPSA) is 107 Å². The first-order valence-electron chi connectivity index (χ1n) is 11.4. The molecule has 2 fully saturated rings. The minimum Gasteiger partial charge on any atom is -0.495 e. The van der Waals surface area contributed by atoms with Gasteiger partial charge < -0.3 is 25.2 Å². The number of anilines is 2. The largest absolute Gasteiger partial charge is 0.495 e. The minimum atomic E-state index is -0.842. The van der Waals surface area contributed by atoms with Crippen LogP contribution in [0.5, 0.6) is 5.75 Å². The predicted molar refractivity (Wildman–Crippen MR) is 128 cm³/mol. The summed E-state index contributed by atoms with van der Waals surface area (Å²) in [5.41, 5.74) is 0.523. The number of nitrogens with zero attached hydrogens (tertiary/aromatic N) is 4. The zero-order valence-electron chi connectivity index (χ0n) is 19.3. The van der Waals surface area contributed by atoms with Gasteiger partial charge in [0.1, 0.15) is 17.6 Å². The van der Waals surface area contributed by atoms with Gasteiger partial charge in [0.25, 0.3) is 0 Å². The van der Waals surface area contributed by atoms with Crippen LogP contribution in [0.15, 0.2) is 48.7 Å². The van der Waals surface area contributed by atoms with Crippen molar-refractivity contribution >= 4 is 29.2 Å². The summed E-state index contributed by atoms with van der Waals surface area (Å²) in [4.78, 5) is 48.6. The van der Waals surface area contributed by atoms with Crippen molar-refractivity contribution in [3.63, 3.8) is 0 Å². The van der Waals surface area contributed by atoms with E-state index in [2.05, 4.69) is 25.4 Å². The number of hydrogen-bond acceptors (Lipinski definition) is 7. The summed E-state index contributed by atoms with van der Waals surface area (Å²) in [6, 6.07) is 12.1. The summed E-state index contributed by atoms with van der Waals surface area (Å²) in [7, 11) is 1.52. The number of hydrogen-bond donors (Lipinski definition) is 2. The standard InChI is InChI=1S/C24H30N6O4/c1-34-20-7-3-2-6-18(20)27-22(31)16-19-24(33)26-10-11-30(19)23(32)17-28-12-14-29(15-13-28)21-8-4-5-9-25-21/h2-9,19H,10-17H2,1H3,(H,26,33)(H,27,31)/t19-/m1/s1. The van der Waals surface area contributed by atoms with Gasteiger partial charge in [0.15, 0.2) is 0 Å². The number of benzene rings is 1. The number of methoxy groups -OCH3 is 1. The second kappa shape index (κ2) is 11.0. The van der Waals surface area contributed by atoms with Crippen LogP contribution in [0.2, 0.25) is 0 Å². The number of nitrogens with one attached hydrogen (secondary N) is 2. The third-order valence-corrected chi connectivity index (χ3v) is 6.12. The summed E-state index contributed by atoms with van der Waals surface area (Å²) in [6.07, 6.45) is 1.65. The molecule has 10 nitrogen and oxygen atoms in total. The monoisotopic (exact) mass is 466 g/mol. The first kappa shape index (κ1) is 23.5. The lowest BCUT2D eigenvalue weighted by molar-refractivity contribution is -0.145. The van der Waals surface area contributed by atoms with Crippen molar-refractivity contribution in [3.8, 4) is 5.75 Å². The van der Waals surface area contributed by atoms with E-state index in [0.29, 0.717) is 24.5 Å². The molecule has 2 aliphatic rings. The van der Waals surface area contributed by atoms with E-state index < -0.39 is 6.04 Å². The van der Waals surface area contributed by atoms with Crippen molar-refractivity contribution in [3.05, 3.63) is 48.7 Å². The fraction of sp³-hybridized carbons (Fsp3) is 0.417. The maximum absolute atomic E-state index is 13.1. The Morgan fingerprint density at radius 2 is 1.85 bits per heavy atom. The van der Waals surface area contributed by atoms with Crippen LogP contribution >= 0.6 is 0 Å². The molecule has 0 bridgehead atoms. The van der Waals surface area contributed by atoms with Gasteiger partial charge in [-0.25, -0.2) is 4.98 Å². The molecule has 3 heterocycles. The van der Waals surface area contributed by atoms with E-state index in [0.717, 1.165) is 32.0 Å². The number of carbonyl (C=O) groups is 3. The molecule has 1 atom stereocenters. The Morgan fingerprint density at radius 1 is 1.09 bits per heavy atom. The van der Waals surface area contributed by atoms with E-state index >= 15 is 0 Å². The summed E-state index contributed by atoms with van der Waals surface area (Å²) < 4.78 is 5.27. The van der Waals surface area contributed by atoms with Crippen molar-refractivity contribution in [1.82, 2.24) is 20.1 Å². The first-order chi connectivity index (χ1) is 16.5. The molecular formula is C24H30N6O4. The van der Waals surface area contributed by atoms with Crippen LogP contribution in [0, 0.1) is 0 Å². The lowest BCUT2D eigenvalue weighted by Gasteiger charge is -2.38. The van der Waals surface area contributed by atoms with E-state index in [4.69, 9.17) is 4.74 Å². The molecule has 10 heteroatoms. The molecular weight excluding hydrogens is 436 g/mol. The highest BCUT2D eigenvalue weighted by Gasteiger charge is 2.35. The van der Waals surface area contributed by atoms with Crippen LogP contribution in [0.3, 0.4) is 0 Å². The highest BCUT2D eigenvalue weighted by atomic mass is 16.5. The third kappa shape index (κ3) is 5.63. The maximum Gasteiger partial charge on any atom is 0.243 e. The Balaban J connectivity index is 1.34. The summed E-state index contributed by atoms with van der Waals surface area (Å²) >= 11 is 0. The number of piperazine rings is 2. The van der Waals surface area contributed by atoms with Gasteiger partial charge in [0.2, 0.25) is 17.7 Å². The quantitative estimate of drug-likeness (QED) is 0.614. The number of amides is 3. The number of para-hydroxylation sites is 2. The minimum absolute atomic E-state index is 0.122. The van der Waals surface area contributed by atoms with Gasteiger partial charge in [-0.2, -0.15) is 0 Å². The highest BCUT2D eigenvalue weighted by Crippen LogP contribution is 2.23. The Labute approximate surface area is 198 Å². The van der Waals surface area contributed by atoms with Gasteiger partial charge in [-0.1, -0.05) is 18.2 Å².